The van der Waals surface area contributed by atoms with E-state index < -0.39 is 0 Å². The van der Waals surface area contributed by atoms with Gasteiger partial charge in [0.2, 0.25) is 17.8 Å². The summed E-state index contributed by atoms with van der Waals surface area (Å²) in [5.74, 6) is 0.598. The molecule has 0 saturated carbocycles. The van der Waals surface area contributed by atoms with Gasteiger partial charge in [0, 0.05) is 80.7 Å². The van der Waals surface area contributed by atoms with Gasteiger partial charge in [0.25, 0.3) is 0 Å². The van der Waals surface area contributed by atoms with Crippen LogP contribution in [0.4, 0.5) is 23.0 Å². The van der Waals surface area contributed by atoms with E-state index in [2.05, 4.69) is 42.6 Å². The number of nitrogens with zero attached hydrogens (tertiary/aromatic N) is 5. The number of piperazine rings is 1. The predicted molar refractivity (Wildman–Crippen MR) is 153 cm³/mol. The van der Waals surface area contributed by atoms with Crippen LogP contribution in [0, 0.1) is 0 Å². The summed E-state index contributed by atoms with van der Waals surface area (Å²) in [5, 5.41) is 6.04. The number of nitrogens with one attached hydrogen (secondary N) is 2. The van der Waals surface area contributed by atoms with Crippen LogP contribution in [0.2, 0.25) is 0 Å². The number of hydrogen-bond acceptors (Lipinski definition) is 7. The Balaban J connectivity index is 1.13. The van der Waals surface area contributed by atoms with E-state index in [1.165, 1.54) is 6.92 Å². The van der Waals surface area contributed by atoms with E-state index in [9.17, 15) is 9.59 Å². The Morgan fingerprint density at radius 3 is 2.31 bits per heavy atom. The third-order valence-corrected chi connectivity index (χ3v) is 6.63. The first-order valence-corrected chi connectivity index (χ1v) is 13.0. The molecule has 2 N–H and O–H groups in total. The lowest BCUT2D eigenvalue weighted by Gasteiger charge is -2.36. The van der Waals surface area contributed by atoms with Gasteiger partial charge in [-0.1, -0.05) is 18.2 Å². The first-order chi connectivity index (χ1) is 19.0. The average molecular weight is 522 g/mol. The van der Waals surface area contributed by atoms with Crippen molar-refractivity contribution in [1.29, 1.82) is 0 Å². The lowest BCUT2D eigenvalue weighted by atomic mass is 10.1. The van der Waals surface area contributed by atoms with Crippen LogP contribution in [0.15, 0.2) is 85.3 Å². The largest absolute Gasteiger partial charge is 0.368 e. The van der Waals surface area contributed by atoms with Crippen molar-refractivity contribution in [2.75, 3.05) is 41.7 Å². The smallest absolute Gasteiger partial charge is 0.227 e. The minimum Gasteiger partial charge on any atom is -0.368 e. The molecule has 1 saturated heterocycles. The maximum Gasteiger partial charge on any atom is 0.227 e. The van der Waals surface area contributed by atoms with Crippen LogP contribution >= 0.6 is 0 Å². The van der Waals surface area contributed by atoms with Crippen LogP contribution < -0.4 is 15.5 Å². The molecular weight excluding hydrogens is 490 g/mol. The Labute approximate surface area is 227 Å². The highest BCUT2D eigenvalue weighted by molar-refractivity contribution is 5.89. The Morgan fingerprint density at radius 1 is 0.872 bits per heavy atom. The van der Waals surface area contributed by atoms with Crippen LogP contribution in [0.3, 0.4) is 0 Å². The summed E-state index contributed by atoms with van der Waals surface area (Å²) in [6.07, 6.45) is 6.52. The zero-order valence-electron chi connectivity index (χ0n) is 21.9. The second-order valence-electron chi connectivity index (χ2n) is 9.43. The van der Waals surface area contributed by atoms with E-state index in [0.29, 0.717) is 12.4 Å². The molecule has 1 fully saturated rings. The number of anilines is 4. The third kappa shape index (κ3) is 6.95. The number of rotatable bonds is 8. The Kier molecular flexibility index (Phi) is 8.06. The molecule has 2 amide bonds. The molecule has 1 aliphatic heterocycles. The molecular formula is C30H31N7O2. The number of hydrogen-bond donors (Lipinski definition) is 2. The summed E-state index contributed by atoms with van der Waals surface area (Å²) in [6, 6.07) is 21.5. The highest BCUT2D eigenvalue weighted by Crippen LogP contribution is 2.24. The molecule has 2 aromatic carbocycles. The Hall–Kier alpha value is -4.79. The summed E-state index contributed by atoms with van der Waals surface area (Å²) < 4.78 is 0. The van der Waals surface area contributed by atoms with Crippen molar-refractivity contribution in [3.05, 3.63) is 90.9 Å². The van der Waals surface area contributed by atoms with Gasteiger partial charge in [0.1, 0.15) is 0 Å². The molecule has 0 bridgehead atoms. The van der Waals surface area contributed by atoms with Gasteiger partial charge in [-0.3, -0.25) is 14.6 Å². The molecule has 0 radical (unpaired) electrons. The second kappa shape index (κ2) is 12.2. The monoisotopic (exact) mass is 521 g/mol. The molecule has 3 heterocycles. The van der Waals surface area contributed by atoms with Gasteiger partial charge in [0.15, 0.2) is 0 Å². The fourth-order valence-corrected chi connectivity index (χ4v) is 4.56. The first kappa shape index (κ1) is 25.8. The molecule has 9 heteroatoms. The summed E-state index contributed by atoms with van der Waals surface area (Å²) in [5.41, 5.74) is 5.56. The fraction of sp³-hybridized carbons (Fsp3) is 0.233. The molecule has 9 nitrogen and oxygen atoms in total. The first-order valence-electron chi connectivity index (χ1n) is 13.0. The van der Waals surface area contributed by atoms with E-state index in [4.69, 9.17) is 0 Å². The van der Waals surface area contributed by atoms with Crippen LogP contribution in [0.25, 0.3) is 11.3 Å². The average Bonchev–Trinajstić information content (AvgIpc) is 2.97. The standard InChI is InChI=1S/C30H31N7O2/c1-22(38)33-25-7-5-24(6-8-25)28-14-16-32-30(35-28)34-26-9-11-27(12-10-26)36-17-19-37(20-18-36)29(39)13-4-23-3-2-15-31-21-23/h2-3,5-12,14-16,21H,4,13,17-20H2,1H3,(H,33,38)(H,32,34,35). The van der Waals surface area contributed by atoms with Crippen LogP contribution in [0.5, 0.6) is 0 Å². The minimum atomic E-state index is -0.104. The number of aromatic nitrogens is 3. The highest BCUT2D eigenvalue weighted by Gasteiger charge is 2.21. The zero-order chi connectivity index (χ0) is 27.0. The van der Waals surface area contributed by atoms with Gasteiger partial charge in [-0.15, -0.1) is 0 Å². The predicted octanol–water partition coefficient (Wildman–Crippen LogP) is 4.52. The molecule has 5 rings (SSSR count). The number of pyridine rings is 1. The molecule has 0 spiro atoms. The maximum atomic E-state index is 12.7. The molecule has 198 valence electrons. The van der Waals surface area contributed by atoms with E-state index in [1.807, 2.05) is 65.7 Å². The number of aryl methyl sites for hydroxylation is 1. The van der Waals surface area contributed by atoms with Gasteiger partial charge in [-0.05, 0) is 60.5 Å². The normalized spacial score (nSPS) is 13.2. The van der Waals surface area contributed by atoms with Crippen molar-refractivity contribution >= 4 is 34.8 Å². The Morgan fingerprint density at radius 2 is 1.62 bits per heavy atom. The molecule has 1 aliphatic rings. The van der Waals surface area contributed by atoms with E-state index in [1.54, 1.807) is 12.4 Å². The van der Waals surface area contributed by atoms with Crippen molar-refractivity contribution in [3.8, 4) is 11.3 Å². The van der Waals surface area contributed by atoms with Crippen molar-refractivity contribution in [2.45, 2.75) is 19.8 Å². The summed E-state index contributed by atoms with van der Waals surface area (Å²) in [4.78, 5) is 41.3. The summed E-state index contributed by atoms with van der Waals surface area (Å²) in [6.45, 7) is 4.53. The SMILES string of the molecule is CC(=O)Nc1ccc(-c2ccnc(Nc3ccc(N4CCN(C(=O)CCc5cccnc5)CC4)cc3)n2)cc1. The van der Waals surface area contributed by atoms with Crippen LogP contribution in [-0.4, -0.2) is 57.8 Å². The van der Waals surface area contributed by atoms with E-state index >= 15 is 0 Å². The van der Waals surface area contributed by atoms with Crippen molar-refractivity contribution in [1.82, 2.24) is 19.9 Å². The molecule has 0 atom stereocenters. The zero-order valence-corrected chi connectivity index (χ0v) is 21.9. The number of carbonyl (C=O) groups is 2. The fourth-order valence-electron chi connectivity index (χ4n) is 4.56. The van der Waals surface area contributed by atoms with Gasteiger partial charge < -0.3 is 20.4 Å². The lowest BCUT2D eigenvalue weighted by Crippen LogP contribution is -2.48. The minimum absolute atomic E-state index is 0.104. The van der Waals surface area contributed by atoms with Crippen molar-refractivity contribution in [3.63, 3.8) is 0 Å². The second-order valence-corrected chi connectivity index (χ2v) is 9.43. The van der Waals surface area contributed by atoms with Gasteiger partial charge in [-0.25, -0.2) is 9.97 Å². The quantitative estimate of drug-likeness (QED) is 0.351. The Bertz CT molecular complexity index is 1400. The van der Waals surface area contributed by atoms with E-state index in [-0.39, 0.29) is 11.8 Å². The van der Waals surface area contributed by atoms with Crippen LogP contribution in [0.1, 0.15) is 18.9 Å². The van der Waals surface area contributed by atoms with Crippen molar-refractivity contribution in [2.24, 2.45) is 0 Å². The van der Waals surface area contributed by atoms with Gasteiger partial charge >= 0.3 is 0 Å². The number of benzene rings is 2. The topological polar surface area (TPSA) is 103 Å². The van der Waals surface area contributed by atoms with E-state index in [0.717, 1.165) is 66.5 Å². The lowest BCUT2D eigenvalue weighted by molar-refractivity contribution is -0.131. The molecule has 2 aromatic heterocycles. The molecule has 0 aliphatic carbocycles. The number of carbonyl (C=O) groups excluding carboxylic acids is 2. The summed E-state index contributed by atoms with van der Waals surface area (Å²) in [7, 11) is 0. The van der Waals surface area contributed by atoms with Gasteiger partial charge in [-0.2, -0.15) is 0 Å². The van der Waals surface area contributed by atoms with Crippen molar-refractivity contribution < 1.29 is 9.59 Å². The highest BCUT2D eigenvalue weighted by atomic mass is 16.2. The molecule has 4 aromatic rings. The van der Waals surface area contributed by atoms with Gasteiger partial charge in [0.05, 0.1) is 5.69 Å². The molecule has 0 unspecified atom stereocenters. The van der Waals surface area contributed by atoms with Crippen LogP contribution in [-0.2, 0) is 16.0 Å². The third-order valence-electron chi connectivity index (χ3n) is 6.63. The maximum absolute atomic E-state index is 12.7. The number of amides is 2. The molecule has 39 heavy (non-hydrogen) atoms. The summed E-state index contributed by atoms with van der Waals surface area (Å²) >= 11 is 0.